The third-order valence-electron chi connectivity index (χ3n) is 9.42. The van der Waals surface area contributed by atoms with E-state index in [1.807, 2.05) is 49.4 Å². The monoisotopic (exact) mass is 598 g/mol. The van der Waals surface area contributed by atoms with E-state index in [1.54, 1.807) is 19.2 Å². The van der Waals surface area contributed by atoms with Gasteiger partial charge >= 0.3 is 0 Å². The summed E-state index contributed by atoms with van der Waals surface area (Å²) in [7, 11) is 1.69. The molecule has 2 aromatic rings. The third-order valence-corrected chi connectivity index (χ3v) is 9.42. The first-order valence-electron chi connectivity index (χ1n) is 15.5. The van der Waals surface area contributed by atoms with Crippen LogP contribution < -0.4 is 4.74 Å². The maximum atomic E-state index is 10.8. The van der Waals surface area contributed by atoms with Gasteiger partial charge in [0.05, 0.1) is 12.7 Å². The maximum absolute atomic E-state index is 10.8. The summed E-state index contributed by atoms with van der Waals surface area (Å²) >= 11 is 0. The van der Waals surface area contributed by atoms with E-state index in [4.69, 9.17) is 14.2 Å². The topological polar surface area (TPSA) is 68.2 Å². The summed E-state index contributed by atoms with van der Waals surface area (Å²) in [6.07, 6.45) is 27.3. The summed E-state index contributed by atoms with van der Waals surface area (Å²) in [6, 6.07) is 11.2. The molecule has 0 aromatic heterocycles. The highest BCUT2D eigenvalue weighted by atomic mass is 16.5. The van der Waals surface area contributed by atoms with Crippen LogP contribution in [0.3, 0.4) is 0 Å². The lowest BCUT2D eigenvalue weighted by molar-refractivity contribution is 0.113. The number of ether oxygens (including phenoxy) is 3. The van der Waals surface area contributed by atoms with E-state index in [0.717, 1.165) is 74.7 Å². The molecule has 0 amide bonds. The van der Waals surface area contributed by atoms with Gasteiger partial charge in [-0.3, -0.25) is 0 Å². The average Bonchev–Trinajstić information content (AvgIpc) is 3.00. The predicted octanol–water partition coefficient (Wildman–Crippen LogP) is 8.94. The first-order chi connectivity index (χ1) is 21.5. The zero-order chi connectivity index (χ0) is 31.4. The molecule has 5 aliphatic rings. The molecule has 5 heteroatoms. The molecule has 228 valence electrons. The van der Waals surface area contributed by atoms with Crippen molar-refractivity contribution in [3.63, 3.8) is 0 Å². The number of benzene rings is 2. The van der Waals surface area contributed by atoms with Crippen LogP contribution in [-0.4, -0.2) is 22.9 Å². The fourth-order valence-electron chi connectivity index (χ4n) is 6.67. The van der Waals surface area contributed by atoms with E-state index in [2.05, 4.69) is 68.5 Å². The Balaban J connectivity index is 1.15. The molecule has 0 bridgehead atoms. The van der Waals surface area contributed by atoms with Crippen molar-refractivity contribution < 1.29 is 24.4 Å². The standard InChI is InChI=1S/C40H38O5/c1-38-16-11-32(44-31-10-8-26-7-9-30(41)20-28(26)21-31)22-29(38)23-33(12-17-38)45-34-13-18-39(2)19-14-36(43-4)37(35(39)24-34)27-6-5-15-40(3,42)25-27/h5-14,17,19-25,41-42H,15-16,18H2,1-4H3. The number of phenols is 1. The quantitative estimate of drug-likeness (QED) is 0.348. The Bertz CT molecular complexity index is 1920. The van der Waals surface area contributed by atoms with Crippen molar-refractivity contribution in [2.45, 2.75) is 45.6 Å². The Hall–Kier alpha value is -4.74. The highest BCUT2D eigenvalue weighted by Crippen LogP contribution is 2.49. The van der Waals surface area contributed by atoms with Crippen LogP contribution in [0.2, 0.25) is 0 Å². The number of aliphatic hydroxyl groups is 1. The minimum atomic E-state index is -0.912. The lowest BCUT2D eigenvalue weighted by Gasteiger charge is -2.38. The molecule has 0 saturated heterocycles. The summed E-state index contributed by atoms with van der Waals surface area (Å²) in [5, 5.41) is 22.7. The van der Waals surface area contributed by atoms with Crippen molar-refractivity contribution in [1.29, 1.82) is 0 Å². The van der Waals surface area contributed by atoms with E-state index in [1.165, 1.54) is 0 Å². The van der Waals surface area contributed by atoms with Crippen molar-refractivity contribution in [3.8, 4) is 11.5 Å². The maximum Gasteiger partial charge on any atom is 0.128 e. The summed E-state index contributed by atoms with van der Waals surface area (Å²) in [5.74, 6) is 4.05. The number of allylic oxidation sites excluding steroid dienone is 14. The summed E-state index contributed by atoms with van der Waals surface area (Å²) < 4.78 is 18.7. The van der Waals surface area contributed by atoms with Gasteiger partial charge in [0, 0.05) is 16.4 Å². The van der Waals surface area contributed by atoms with E-state index in [-0.39, 0.29) is 16.6 Å². The molecule has 2 aromatic carbocycles. The van der Waals surface area contributed by atoms with Gasteiger partial charge < -0.3 is 24.4 Å². The normalized spacial score (nSPS) is 28.6. The number of aromatic hydroxyl groups is 1. The first kappa shape index (κ1) is 29.0. The Morgan fingerprint density at radius 3 is 2.29 bits per heavy atom. The molecule has 0 spiro atoms. The van der Waals surface area contributed by atoms with Crippen LogP contribution in [0.4, 0.5) is 0 Å². The second-order valence-corrected chi connectivity index (χ2v) is 13.2. The lowest BCUT2D eigenvalue weighted by Crippen LogP contribution is -2.27. The lowest BCUT2D eigenvalue weighted by atomic mass is 9.68. The summed E-state index contributed by atoms with van der Waals surface area (Å²) in [4.78, 5) is 0. The minimum absolute atomic E-state index is 0.152. The number of fused-ring (bicyclic) bond motifs is 3. The van der Waals surface area contributed by atoms with E-state index < -0.39 is 5.60 Å². The second kappa shape index (κ2) is 10.7. The van der Waals surface area contributed by atoms with Gasteiger partial charge in [-0.15, -0.1) is 0 Å². The van der Waals surface area contributed by atoms with Crippen molar-refractivity contribution in [1.82, 2.24) is 0 Å². The van der Waals surface area contributed by atoms with Crippen LogP contribution >= 0.6 is 0 Å². The van der Waals surface area contributed by atoms with Gasteiger partial charge in [0.25, 0.3) is 0 Å². The summed E-state index contributed by atoms with van der Waals surface area (Å²) in [5.41, 5.74) is 2.88. The second-order valence-electron chi connectivity index (χ2n) is 13.2. The van der Waals surface area contributed by atoms with Gasteiger partial charge in [-0.2, -0.15) is 0 Å². The van der Waals surface area contributed by atoms with Crippen LogP contribution in [0.5, 0.6) is 11.5 Å². The van der Waals surface area contributed by atoms with Crippen LogP contribution in [-0.2, 0) is 9.47 Å². The number of hydrogen-bond donors (Lipinski definition) is 2. The molecule has 5 nitrogen and oxygen atoms in total. The van der Waals surface area contributed by atoms with Crippen molar-refractivity contribution >= 4 is 10.8 Å². The molecule has 0 heterocycles. The minimum Gasteiger partial charge on any atom is -0.508 e. The molecule has 0 fully saturated rings. The Morgan fingerprint density at radius 2 is 1.49 bits per heavy atom. The van der Waals surface area contributed by atoms with Gasteiger partial charge in [0.15, 0.2) is 0 Å². The van der Waals surface area contributed by atoms with Crippen molar-refractivity contribution in [2.75, 3.05) is 7.11 Å². The number of hydrogen-bond acceptors (Lipinski definition) is 5. The van der Waals surface area contributed by atoms with Crippen LogP contribution in [0.25, 0.3) is 10.8 Å². The summed E-state index contributed by atoms with van der Waals surface area (Å²) in [6.45, 7) is 6.28. The predicted molar refractivity (Wildman–Crippen MR) is 178 cm³/mol. The van der Waals surface area contributed by atoms with E-state index in [9.17, 15) is 10.2 Å². The van der Waals surface area contributed by atoms with Crippen LogP contribution in [0, 0.1) is 10.8 Å². The van der Waals surface area contributed by atoms with Gasteiger partial charge in [-0.25, -0.2) is 0 Å². The fraction of sp³-hybridized carbons (Fsp3) is 0.250. The Morgan fingerprint density at radius 1 is 0.733 bits per heavy atom. The molecule has 5 aliphatic carbocycles. The number of rotatable bonds is 6. The molecule has 3 atom stereocenters. The van der Waals surface area contributed by atoms with Crippen molar-refractivity contribution in [3.05, 3.63) is 155 Å². The van der Waals surface area contributed by atoms with E-state index in [0.29, 0.717) is 6.42 Å². The van der Waals surface area contributed by atoms with Crippen LogP contribution in [0.15, 0.2) is 155 Å². The van der Waals surface area contributed by atoms with Gasteiger partial charge in [0.1, 0.15) is 34.5 Å². The SMILES string of the molecule is COC1=C(C2=CC(C)(O)CC=C2)C2=CC(OC3=CC4=CC(Oc5ccc6ccc(O)cc6c5)=CCC4(C)C=C3)=CCC2(C)C=C1. The average molecular weight is 599 g/mol. The Labute approximate surface area is 264 Å². The highest BCUT2D eigenvalue weighted by molar-refractivity contribution is 5.85. The van der Waals surface area contributed by atoms with Crippen molar-refractivity contribution in [2.24, 2.45) is 10.8 Å². The Kier molecular flexibility index (Phi) is 6.90. The smallest absolute Gasteiger partial charge is 0.128 e. The number of phenolic OH excluding ortho intramolecular Hbond substituents is 1. The largest absolute Gasteiger partial charge is 0.508 e. The molecular weight excluding hydrogens is 560 g/mol. The van der Waals surface area contributed by atoms with Crippen LogP contribution in [0.1, 0.15) is 40.0 Å². The third kappa shape index (κ3) is 5.53. The highest BCUT2D eigenvalue weighted by Gasteiger charge is 2.38. The molecule has 0 radical (unpaired) electrons. The van der Waals surface area contributed by atoms with Gasteiger partial charge in [-0.05, 0) is 127 Å². The molecule has 3 unspecified atom stereocenters. The molecule has 45 heavy (non-hydrogen) atoms. The first-order valence-corrected chi connectivity index (χ1v) is 15.5. The molecule has 0 aliphatic heterocycles. The zero-order valence-corrected chi connectivity index (χ0v) is 26.1. The molecule has 0 saturated carbocycles. The number of methoxy groups -OCH3 is 1. The van der Waals surface area contributed by atoms with Gasteiger partial charge in [-0.1, -0.05) is 50.3 Å². The zero-order valence-electron chi connectivity index (χ0n) is 26.1. The van der Waals surface area contributed by atoms with E-state index >= 15 is 0 Å². The molecule has 7 rings (SSSR count). The molecular formula is C40H38O5. The molecule has 2 N–H and O–H groups in total. The van der Waals surface area contributed by atoms with Gasteiger partial charge in [0.2, 0.25) is 0 Å². The fourth-order valence-corrected chi connectivity index (χ4v) is 6.67.